The molecule has 19 atom stereocenters. The summed E-state index contributed by atoms with van der Waals surface area (Å²) < 4.78 is 43.4. The Morgan fingerprint density at radius 3 is 2.00 bits per heavy atom. The number of nitrogens with one attached hydrogen (secondary N) is 1. The standard InChI is InChI=1S/C81H103NO18/c1-46(2)22-21-23-47(3)58-34-35-59-57-33-30-54-42-56(38-40-77(54,9)60(57)39-41-78(58,59)10)96-64(87)36-31-55(85)32-37-65(88)98-69(67(51-24-15-12-16-25-51)82-73(90)52-26-17-13-18-27-52)75(92)97-61-44-81(93)72(99-74(91)53-28-19-14-20-29-53)70-79(11,62(86)43-63-80(70,45-94-63)100-50(6)84)71(89)68(95-49(5)83)66(48(61)4)76(81,7)8/h12-20,24-30,46-47,56-63,67-70,72,86,93H,21-23,31-45H2,1-11H3,(H,82,90)/t47-,56+,57?,58-,59?,60?,61+,62+,63-,67+,68-,69-,70+,72+,77+,78-,79-,80+,81-/m1/s1. The summed E-state index contributed by atoms with van der Waals surface area (Å²) in [6.07, 6.45) is 1.96. The number of benzene rings is 3. The van der Waals surface area contributed by atoms with E-state index in [2.05, 4.69) is 46.0 Å². The number of allylic oxidation sites excluding steroid dienone is 1. The lowest BCUT2D eigenvalue weighted by Gasteiger charge is -2.67. The van der Waals surface area contributed by atoms with Crippen molar-refractivity contribution < 1.29 is 86.5 Å². The number of carbonyl (C=O) groups excluding carboxylic acids is 9. The molecule has 100 heavy (non-hydrogen) atoms. The number of amides is 1. The smallest absolute Gasteiger partial charge is 0.350 e. The van der Waals surface area contributed by atoms with E-state index in [0.29, 0.717) is 23.7 Å². The molecule has 19 nitrogen and oxygen atoms in total. The van der Waals surface area contributed by atoms with Crippen LogP contribution in [0.25, 0.3) is 0 Å². The Labute approximate surface area is 587 Å². The Hall–Kier alpha value is -7.35. The summed E-state index contributed by atoms with van der Waals surface area (Å²) in [4.78, 5) is 129. The molecule has 5 saturated carbocycles. The molecular formula is C81H103NO18. The molecule has 540 valence electrons. The monoisotopic (exact) mass is 1380 g/mol. The maximum atomic E-state index is 16.0. The molecule has 11 rings (SSSR count). The highest BCUT2D eigenvalue weighted by Gasteiger charge is 2.78. The van der Waals surface area contributed by atoms with Gasteiger partial charge in [0.2, 0.25) is 6.10 Å². The molecule has 19 heteroatoms. The van der Waals surface area contributed by atoms with Crippen LogP contribution in [0.2, 0.25) is 0 Å². The van der Waals surface area contributed by atoms with Crippen molar-refractivity contribution in [2.45, 2.75) is 245 Å². The third-order valence-corrected chi connectivity index (χ3v) is 25.5. The number of hydrogen-bond acceptors (Lipinski definition) is 18. The van der Waals surface area contributed by atoms with Crippen LogP contribution in [0.4, 0.5) is 0 Å². The minimum absolute atomic E-state index is 0.0256. The van der Waals surface area contributed by atoms with Crippen LogP contribution in [0.3, 0.4) is 0 Å². The summed E-state index contributed by atoms with van der Waals surface area (Å²) in [7, 11) is 0. The van der Waals surface area contributed by atoms with Gasteiger partial charge >= 0.3 is 35.8 Å². The minimum atomic E-state index is -2.52. The average molecular weight is 1380 g/mol. The van der Waals surface area contributed by atoms with Gasteiger partial charge in [0, 0.05) is 56.9 Å². The fourth-order valence-corrected chi connectivity index (χ4v) is 20.1. The van der Waals surface area contributed by atoms with Crippen LogP contribution in [0, 0.1) is 63.1 Å². The predicted octanol–water partition coefficient (Wildman–Crippen LogP) is 12.4. The normalized spacial score (nSPS) is 34.0. The highest BCUT2D eigenvalue weighted by Crippen LogP contribution is 2.69. The van der Waals surface area contributed by atoms with Crippen LogP contribution >= 0.6 is 0 Å². The quantitative estimate of drug-likeness (QED) is 0.0452. The highest BCUT2D eigenvalue weighted by atomic mass is 16.6. The highest BCUT2D eigenvalue weighted by molar-refractivity contribution is 5.97. The van der Waals surface area contributed by atoms with Crippen molar-refractivity contribution in [2.75, 3.05) is 6.61 Å². The molecule has 0 radical (unpaired) electrons. The molecule has 7 aliphatic carbocycles. The van der Waals surface area contributed by atoms with Crippen molar-refractivity contribution >= 4 is 53.3 Å². The number of ether oxygens (including phenoxy) is 7. The molecule has 1 aliphatic heterocycles. The zero-order chi connectivity index (χ0) is 72.0. The van der Waals surface area contributed by atoms with Crippen LogP contribution < -0.4 is 5.32 Å². The minimum Gasteiger partial charge on any atom is -0.462 e. The van der Waals surface area contributed by atoms with Crippen molar-refractivity contribution in [3.63, 3.8) is 0 Å². The van der Waals surface area contributed by atoms with Gasteiger partial charge < -0.3 is 48.7 Å². The van der Waals surface area contributed by atoms with E-state index in [4.69, 9.17) is 33.2 Å². The van der Waals surface area contributed by atoms with Crippen LogP contribution in [-0.4, -0.2) is 124 Å². The second kappa shape index (κ2) is 29.2. The van der Waals surface area contributed by atoms with E-state index in [1.54, 1.807) is 92.7 Å². The maximum absolute atomic E-state index is 16.0. The molecule has 3 aromatic carbocycles. The number of esters is 6. The maximum Gasteiger partial charge on any atom is 0.350 e. The third kappa shape index (κ3) is 13.8. The molecule has 2 bridgehead atoms. The number of Topliss-reactive ketones (excluding diaryl/α,β-unsaturated/α-hetero) is 2. The Kier molecular flexibility index (Phi) is 21.6. The molecule has 6 fully saturated rings. The number of rotatable bonds is 23. The molecular weight excluding hydrogens is 1270 g/mol. The molecule has 3 N–H and O–H groups in total. The number of fused-ring (bicyclic) bond motifs is 10. The van der Waals surface area contributed by atoms with Crippen LogP contribution in [0.1, 0.15) is 218 Å². The summed E-state index contributed by atoms with van der Waals surface area (Å²) in [6.45, 7) is 20.0. The largest absolute Gasteiger partial charge is 0.462 e. The van der Waals surface area contributed by atoms with Gasteiger partial charge in [0.1, 0.15) is 41.8 Å². The van der Waals surface area contributed by atoms with E-state index < -0.39 is 143 Å². The first-order valence-corrected chi connectivity index (χ1v) is 36.5. The van der Waals surface area contributed by atoms with Gasteiger partial charge in [-0.1, -0.05) is 146 Å². The second-order valence-electron chi connectivity index (χ2n) is 32.0. The van der Waals surface area contributed by atoms with Gasteiger partial charge in [-0.05, 0) is 146 Å². The topological polar surface area (TPSA) is 271 Å². The Morgan fingerprint density at radius 1 is 0.720 bits per heavy atom. The first-order chi connectivity index (χ1) is 47.4. The summed E-state index contributed by atoms with van der Waals surface area (Å²) >= 11 is 0. The van der Waals surface area contributed by atoms with Crippen molar-refractivity contribution in [3.05, 3.63) is 130 Å². The van der Waals surface area contributed by atoms with Crippen molar-refractivity contribution in [1.82, 2.24) is 5.32 Å². The van der Waals surface area contributed by atoms with E-state index >= 15 is 9.59 Å². The molecule has 1 saturated heterocycles. The fraction of sp³-hybridized carbons (Fsp3) is 0.617. The van der Waals surface area contributed by atoms with Crippen LogP contribution in [0.5, 0.6) is 0 Å². The van der Waals surface area contributed by atoms with Crippen molar-refractivity contribution in [3.8, 4) is 0 Å². The SMILES string of the molecule is CC(=O)O[C@H]1C(=O)[C@@]2(C)[C@H]([C@H](OC(=O)c3ccccc3)[C@]3(O)C[C@H](OC(=O)[C@H](OC(=O)CCC(=O)CCC(=O)O[C@H]4CC[C@@]5(C)C(=CCC6C5CC[C@@]5(C)C6CC[C@@H]5[C@H](C)CCCC(C)C)C4)[C@@H](NC(=O)c4ccccc4)c4ccccc4)C(C)=C1C3(C)C)[C@]1(OC(C)=O)CO[C@@H]1C[C@@H]2O. The first kappa shape index (κ1) is 73.9. The van der Waals surface area contributed by atoms with Crippen molar-refractivity contribution in [1.29, 1.82) is 0 Å². The van der Waals surface area contributed by atoms with E-state index in [9.17, 15) is 43.8 Å². The van der Waals surface area contributed by atoms with E-state index in [1.807, 2.05) is 0 Å². The van der Waals surface area contributed by atoms with Crippen LogP contribution in [0.15, 0.2) is 114 Å². The van der Waals surface area contributed by atoms with Crippen molar-refractivity contribution in [2.24, 2.45) is 63.1 Å². The fourth-order valence-electron chi connectivity index (χ4n) is 20.1. The van der Waals surface area contributed by atoms with Gasteiger partial charge in [0.25, 0.3) is 5.91 Å². The summed E-state index contributed by atoms with van der Waals surface area (Å²) in [5.74, 6) is -5.05. The molecule has 1 amide bonds. The summed E-state index contributed by atoms with van der Waals surface area (Å²) in [6, 6.07) is 22.5. The molecule has 3 aromatic rings. The average Bonchev–Trinajstić information content (AvgIpc) is 0.738. The second-order valence-corrected chi connectivity index (χ2v) is 32.0. The van der Waals surface area contributed by atoms with Gasteiger partial charge in [0.05, 0.1) is 42.4 Å². The van der Waals surface area contributed by atoms with E-state index in [0.717, 1.165) is 56.8 Å². The van der Waals surface area contributed by atoms with Gasteiger partial charge in [-0.15, -0.1) is 0 Å². The van der Waals surface area contributed by atoms with Gasteiger partial charge in [0.15, 0.2) is 17.5 Å². The van der Waals surface area contributed by atoms with Gasteiger partial charge in [-0.2, -0.15) is 0 Å². The molecule has 8 aliphatic rings. The molecule has 0 spiro atoms. The number of hydrogen-bond donors (Lipinski definition) is 3. The van der Waals surface area contributed by atoms with Gasteiger partial charge in [-0.3, -0.25) is 33.6 Å². The Balaban J connectivity index is 0.830. The molecule has 0 aromatic heterocycles. The van der Waals surface area contributed by atoms with E-state index in [1.165, 1.54) is 76.5 Å². The molecule has 1 heterocycles. The summed E-state index contributed by atoms with van der Waals surface area (Å²) in [5, 5.41) is 29.4. The number of aliphatic hydroxyl groups excluding tert-OH is 1. The number of aliphatic hydroxyl groups is 2. The Bertz CT molecular complexity index is 3660. The summed E-state index contributed by atoms with van der Waals surface area (Å²) in [5.41, 5.74) is -6.00. The van der Waals surface area contributed by atoms with Crippen LogP contribution in [-0.2, 0) is 66.7 Å². The lowest BCUT2D eigenvalue weighted by Crippen LogP contribution is -2.82. The Morgan fingerprint density at radius 2 is 1.37 bits per heavy atom. The predicted molar refractivity (Wildman–Crippen MR) is 368 cm³/mol. The lowest BCUT2D eigenvalue weighted by atomic mass is 9.44. The lowest BCUT2D eigenvalue weighted by molar-refractivity contribution is -0.346. The zero-order valence-electron chi connectivity index (χ0n) is 60.1. The number of ketones is 2. The molecule has 3 unspecified atom stereocenters. The van der Waals surface area contributed by atoms with Gasteiger partial charge in [-0.25, -0.2) is 9.59 Å². The number of carbonyl (C=O) groups is 9. The third-order valence-electron chi connectivity index (χ3n) is 25.5. The first-order valence-electron chi connectivity index (χ1n) is 36.5. The van der Waals surface area contributed by atoms with E-state index in [-0.39, 0.29) is 65.2 Å². The zero-order valence-corrected chi connectivity index (χ0v) is 60.1.